The highest BCUT2D eigenvalue weighted by atomic mass is 16.6. The first-order valence-corrected chi connectivity index (χ1v) is 10.8. The van der Waals surface area contributed by atoms with Gasteiger partial charge in [0.2, 0.25) is 0 Å². The van der Waals surface area contributed by atoms with E-state index in [1.54, 1.807) is 0 Å². The van der Waals surface area contributed by atoms with Crippen LogP contribution in [0.15, 0.2) is 42.5 Å². The van der Waals surface area contributed by atoms with Gasteiger partial charge in [0.25, 0.3) is 0 Å². The number of carbonyl (C=O) groups is 1. The third-order valence-corrected chi connectivity index (χ3v) is 6.70. The van der Waals surface area contributed by atoms with E-state index in [0.717, 1.165) is 51.6 Å². The maximum Gasteiger partial charge on any atom is 0.411 e. The first-order valence-electron chi connectivity index (χ1n) is 10.8. The fraction of sp³-hybridized carbons (Fsp3) is 0.385. The van der Waals surface area contributed by atoms with Crippen molar-refractivity contribution in [3.05, 3.63) is 53.9 Å². The Morgan fingerprint density at radius 1 is 1.39 bits per heavy atom. The van der Waals surface area contributed by atoms with Crippen LogP contribution < -0.4 is 0 Å². The Kier molecular flexibility index (Phi) is 4.05. The van der Waals surface area contributed by atoms with Crippen LogP contribution in [0.4, 0.5) is 4.79 Å². The SMILES string of the molecule is C#Cc1ccc2c(ccc3[nH]c(C4C(=C)C5CC5(CC)N4C(=O)OC(C)(C)C)nc32)c1. The van der Waals surface area contributed by atoms with Gasteiger partial charge in [-0.05, 0) is 62.8 Å². The zero-order valence-electron chi connectivity index (χ0n) is 18.5. The summed E-state index contributed by atoms with van der Waals surface area (Å²) in [6.45, 7) is 12.2. The lowest BCUT2D eigenvalue weighted by Gasteiger charge is -2.34. The van der Waals surface area contributed by atoms with Crippen molar-refractivity contribution in [1.82, 2.24) is 14.9 Å². The molecule has 0 bridgehead atoms. The van der Waals surface area contributed by atoms with Crippen LogP contribution in [-0.4, -0.2) is 32.1 Å². The van der Waals surface area contributed by atoms with Gasteiger partial charge in [0, 0.05) is 16.9 Å². The molecule has 2 aromatic carbocycles. The largest absolute Gasteiger partial charge is 0.444 e. The number of hydrogen-bond donors (Lipinski definition) is 1. The van der Waals surface area contributed by atoms with E-state index in [0.29, 0.717) is 0 Å². The second-order valence-electron chi connectivity index (χ2n) is 9.71. The van der Waals surface area contributed by atoms with Crippen LogP contribution in [0.3, 0.4) is 0 Å². The summed E-state index contributed by atoms with van der Waals surface area (Å²) in [7, 11) is 0. The van der Waals surface area contributed by atoms with Gasteiger partial charge in [0.05, 0.1) is 16.6 Å². The first kappa shape index (κ1) is 19.7. The predicted octanol–water partition coefficient (Wildman–Crippen LogP) is 5.71. The molecule has 1 aliphatic heterocycles. The fourth-order valence-electron chi connectivity index (χ4n) is 5.15. The molecule has 3 atom stereocenters. The van der Waals surface area contributed by atoms with Crippen molar-refractivity contribution in [3.63, 3.8) is 0 Å². The normalized spacial score (nSPS) is 25.0. The van der Waals surface area contributed by atoms with Crippen molar-refractivity contribution in [2.45, 2.75) is 57.7 Å². The van der Waals surface area contributed by atoms with Gasteiger partial charge in [0.1, 0.15) is 17.5 Å². The number of benzene rings is 2. The van der Waals surface area contributed by atoms with Crippen molar-refractivity contribution in [1.29, 1.82) is 0 Å². The lowest BCUT2D eigenvalue weighted by Crippen LogP contribution is -2.44. The summed E-state index contributed by atoms with van der Waals surface area (Å²) in [4.78, 5) is 23.6. The lowest BCUT2D eigenvalue weighted by atomic mass is 10.1. The van der Waals surface area contributed by atoms with E-state index in [4.69, 9.17) is 16.1 Å². The van der Waals surface area contributed by atoms with Gasteiger partial charge < -0.3 is 9.72 Å². The topological polar surface area (TPSA) is 58.2 Å². The molecule has 1 saturated carbocycles. The molecule has 1 aliphatic carbocycles. The molecule has 1 aromatic heterocycles. The Morgan fingerprint density at radius 2 is 2.16 bits per heavy atom. The Labute approximate surface area is 182 Å². The molecule has 158 valence electrons. The molecule has 2 heterocycles. The number of likely N-dealkylation sites (tertiary alicyclic amines) is 1. The van der Waals surface area contributed by atoms with Gasteiger partial charge in [-0.15, -0.1) is 6.42 Å². The van der Waals surface area contributed by atoms with E-state index in [-0.39, 0.29) is 23.6 Å². The number of piperidine rings is 1. The third kappa shape index (κ3) is 2.85. The molecule has 1 N–H and O–H groups in total. The number of ether oxygens (including phenoxy) is 1. The average molecular weight is 414 g/mol. The highest BCUT2D eigenvalue weighted by Crippen LogP contribution is 2.66. The molecular weight excluding hydrogens is 386 g/mol. The van der Waals surface area contributed by atoms with E-state index >= 15 is 0 Å². The smallest absolute Gasteiger partial charge is 0.411 e. The van der Waals surface area contributed by atoms with Crippen LogP contribution in [0, 0.1) is 18.3 Å². The monoisotopic (exact) mass is 413 g/mol. The van der Waals surface area contributed by atoms with Gasteiger partial charge in [0.15, 0.2) is 0 Å². The van der Waals surface area contributed by atoms with Crippen LogP contribution in [0.1, 0.15) is 58.0 Å². The predicted molar refractivity (Wildman–Crippen MR) is 123 cm³/mol. The number of aromatic nitrogens is 2. The number of rotatable bonds is 2. The van der Waals surface area contributed by atoms with Crippen molar-refractivity contribution in [2.75, 3.05) is 0 Å². The summed E-state index contributed by atoms with van der Waals surface area (Å²) < 4.78 is 5.80. The Hall–Kier alpha value is -3.26. The molecule has 0 spiro atoms. The minimum Gasteiger partial charge on any atom is -0.444 e. The molecule has 31 heavy (non-hydrogen) atoms. The number of amides is 1. The standard InChI is InChI=1S/C26H27N3O2/c1-7-16-9-11-18-17(13-16)10-12-20-21(18)28-23(27-20)22-15(3)19-14-26(19,8-2)29(22)24(30)31-25(4,5)6/h1,9-13,19,22H,3,8,14H2,2,4-6H3,(H,27,28). The summed E-state index contributed by atoms with van der Waals surface area (Å²) in [5.74, 6) is 3.71. The molecular formula is C26H27N3O2. The zero-order valence-corrected chi connectivity index (χ0v) is 18.5. The van der Waals surface area contributed by atoms with Crippen LogP contribution in [0.2, 0.25) is 0 Å². The van der Waals surface area contributed by atoms with Crippen LogP contribution in [0.5, 0.6) is 0 Å². The van der Waals surface area contributed by atoms with Gasteiger partial charge in [-0.1, -0.05) is 31.6 Å². The summed E-state index contributed by atoms with van der Waals surface area (Å²) in [5, 5.41) is 2.07. The fourth-order valence-corrected chi connectivity index (χ4v) is 5.15. The van der Waals surface area contributed by atoms with Crippen molar-refractivity contribution in [3.8, 4) is 12.3 Å². The Bertz CT molecular complexity index is 1290. The number of hydrogen-bond acceptors (Lipinski definition) is 3. The van der Waals surface area contributed by atoms with Gasteiger partial charge >= 0.3 is 6.09 Å². The van der Waals surface area contributed by atoms with Gasteiger partial charge in [-0.3, -0.25) is 4.90 Å². The molecule has 5 nitrogen and oxygen atoms in total. The van der Waals surface area contributed by atoms with Crippen molar-refractivity contribution >= 4 is 27.9 Å². The summed E-state index contributed by atoms with van der Waals surface area (Å²) in [6, 6.07) is 9.67. The van der Waals surface area contributed by atoms with Crippen molar-refractivity contribution < 1.29 is 9.53 Å². The number of carbonyl (C=O) groups excluding carboxylic acids is 1. The lowest BCUT2D eigenvalue weighted by molar-refractivity contribution is 0.00801. The Balaban J connectivity index is 1.62. The molecule has 0 radical (unpaired) electrons. The minimum absolute atomic E-state index is 0.215. The quantitative estimate of drug-likeness (QED) is 0.432. The van der Waals surface area contributed by atoms with Gasteiger partial charge in [-0.25, -0.2) is 9.78 Å². The summed E-state index contributed by atoms with van der Waals surface area (Å²) >= 11 is 0. The van der Waals surface area contributed by atoms with Crippen LogP contribution in [-0.2, 0) is 4.74 Å². The number of H-pyrrole nitrogens is 1. The molecule has 1 saturated heterocycles. The maximum absolute atomic E-state index is 13.3. The zero-order chi connectivity index (χ0) is 22.1. The number of nitrogens with zero attached hydrogens (tertiary/aromatic N) is 2. The molecule has 2 fully saturated rings. The maximum atomic E-state index is 13.3. The molecule has 3 aromatic rings. The summed E-state index contributed by atoms with van der Waals surface area (Å²) in [5.41, 5.74) is 2.90. The summed E-state index contributed by atoms with van der Waals surface area (Å²) in [6.07, 6.45) is 7.06. The van der Waals surface area contributed by atoms with E-state index in [2.05, 4.69) is 24.4 Å². The highest BCUT2D eigenvalue weighted by Gasteiger charge is 2.69. The van der Waals surface area contributed by atoms with E-state index in [1.807, 2.05) is 56.0 Å². The second kappa shape index (κ2) is 6.37. The van der Waals surface area contributed by atoms with Gasteiger partial charge in [-0.2, -0.15) is 0 Å². The molecule has 5 heteroatoms. The van der Waals surface area contributed by atoms with Crippen LogP contribution >= 0.6 is 0 Å². The van der Waals surface area contributed by atoms with E-state index in [9.17, 15) is 4.79 Å². The Morgan fingerprint density at radius 3 is 2.84 bits per heavy atom. The molecule has 3 unspecified atom stereocenters. The molecule has 5 rings (SSSR count). The second-order valence-corrected chi connectivity index (χ2v) is 9.71. The number of nitrogens with one attached hydrogen (secondary N) is 1. The molecule has 2 aliphatic rings. The van der Waals surface area contributed by atoms with E-state index in [1.165, 1.54) is 0 Å². The number of imidazole rings is 1. The van der Waals surface area contributed by atoms with E-state index < -0.39 is 5.60 Å². The minimum atomic E-state index is -0.566. The van der Waals surface area contributed by atoms with Crippen molar-refractivity contribution in [2.24, 2.45) is 5.92 Å². The molecule has 1 amide bonds. The van der Waals surface area contributed by atoms with Crippen LogP contribution in [0.25, 0.3) is 21.8 Å². The average Bonchev–Trinajstić information content (AvgIpc) is 3.20. The first-order chi connectivity index (χ1) is 14.7. The highest BCUT2D eigenvalue weighted by molar-refractivity contribution is 6.04. The third-order valence-electron chi connectivity index (χ3n) is 6.70. The number of aromatic amines is 1. The number of fused-ring (bicyclic) bond motifs is 4. The number of terminal acetylenes is 1.